The van der Waals surface area contributed by atoms with Gasteiger partial charge in [0.25, 0.3) is 0 Å². The maximum absolute atomic E-state index is 12.0. The topological polar surface area (TPSA) is 109 Å². The molecule has 242 valence electrons. The van der Waals surface area contributed by atoms with Crippen molar-refractivity contribution in [2.45, 2.75) is 131 Å². The summed E-state index contributed by atoms with van der Waals surface area (Å²) in [6.45, 7) is 6.34. The van der Waals surface area contributed by atoms with Gasteiger partial charge in [-0.3, -0.25) is 4.79 Å². The smallest absolute Gasteiger partial charge is 0.308 e. The molecule has 1 spiro atoms. The molecule has 6 heterocycles. The lowest BCUT2D eigenvalue weighted by molar-refractivity contribution is -0.283. The largest absolute Gasteiger partial charge is 0.497 e. The van der Waals surface area contributed by atoms with Crippen LogP contribution >= 0.6 is 0 Å². The van der Waals surface area contributed by atoms with Gasteiger partial charge in [0.2, 0.25) is 5.79 Å². The molecule has 6 fully saturated rings. The second-order valence-corrected chi connectivity index (χ2v) is 12.7. The third-order valence-corrected chi connectivity index (χ3v) is 10.2. The lowest BCUT2D eigenvalue weighted by Crippen LogP contribution is -2.62. The van der Waals surface area contributed by atoms with Crippen LogP contribution in [0.1, 0.15) is 63.7 Å². The number of esters is 1. The van der Waals surface area contributed by atoms with Crippen LogP contribution in [0.4, 0.5) is 0 Å². The number of rotatable bonds is 9. The second-order valence-electron chi connectivity index (χ2n) is 12.7. The number of fused-ring (bicyclic) bond motifs is 3. The van der Waals surface area contributed by atoms with E-state index in [-0.39, 0.29) is 42.9 Å². The highest BCUT2D eigenvalue weighted by Crippen LogP contribution is 2.57. The number of ether oxygens (including phenoxy) is 10. The molecule has 44 heavy (non-hydrogen) atoms. The van der Waals surface area contributed by atoms with Gasteiger partial charge in [-0.15, -0.1) is 0 Å². The Labute approximate surface area is 258 Å². The van der Waals surface area contributed by atoms with Crippen molar-refractivity contribution in [2.24, 2.45) is 0 Å². The molecule has 0 radical (unpaired) electrons. The van der Waals surface area contributed by atoms with Crippen LogP contribution in [0.15, 0.2) is 36.4 Å². The van der Waals surface area contributed by atoms with Crippen LogP contribution in [-0.2, 0) is 47.4 Å². The van der Waals surface area contributed by atoms with Crippen LogP contribution in [-0.4, -0.2) is 100 Å². The van der Waals surface area contributed by atoms with Gasteiger partial charge in [-0.25, -0.2) is 0 Å². The van der Waals surface area contributed by atoms with Crippen molar-refractivity contribution < 1.29 is 52.2 Å². The fourth-order valence-corrected chi connectivity index (χ4v) is 7.98. The summed E-state index contributed by atoms with van der Waals surface area (Å²) in [5.74, 6) is -0.740. The molecule has 0 aliphatic carbocycles. The first-order chi connectivity index (χ1) is 21.4. The van der Waals surface area contributed by atoms with Crippen LogP contribution in [0.2, 0.25) is 0 Å². The first kappa shape index (κ1) is 30.6. The average molecular weight is 617 g/mol. The van der Waals surface area contributed by atoms with Crippen molar-refractivity contribution in [3.8, 4) is 5.75 Å². The summed E-state index contributed by atoms with van der Waals surface area (Å²) in [4.78, 5) is 12.0. The molecule has 6 saturated heterocycles. The van der Waals surface area contributed by atoms with Gasteiger partial charge in [-0.2, -0.15) is 0 Å². The maximum atomic E-state index is 12.0. The minimum absolute atomic E-state index is 0.0997. The maximum Gasteiger partial charge on any atom is 0.308 e. The summed E-state index contributed by atoms with van der Waals surface area (Å²) in [6, 6.07) is 7.66. The van der Waals surface area contributed by atoms with Crippen LogP contribution in [0.5, 0.6) is 5.75 Å². The highest BCUT2D eigenvalue weighted by molar-refractivity contribution is 5.69. The molecule has 13 atom stereocenters. The first-order valence-corrected chi connectivity index (χ1v) is 15.9. The molecule has 1 aromatic rings. The number of hydrogen-bond acceptors (Lipinski definition) is 11. The van der Waals surface area contributed by atoms with Gasteiger partial charge < -0.3 is 47.4 Å². The highest BCUT2D eigenvalue weighted by atomic mass is 16.9. The number of hydrogen-bond donors (Lipinski definition) is 0. The average Bonchev–Trinajstić information content (AvgIpc) is 3.76. The van der Waals surface area contributed by atoms with E-state index in [0.717, 1.165) is 49.0 Å². The molecule has 0 aromatic heterocycles. The van der Waals surface area contributed by atoms with Gasteiger partial charge >= 0.3 is 5.97 Å². The summed E-state index contributed by atoms with van der Waals surface area (Å²) in [5.41, 5.74) is 2.02. The zero-order chi connectivity index (χ0) is 30.6. The van der Waals surface area contributed by atoms with E-state index >= 15 is 0 Å². The monoisotopic (exact) mass is 616 g/mol. The summed E-state index contributed by atoms with van der Waals surface area (Å²) < 4.78 is 62.7. The van der Waals surface area contributed by atoms with Crippen molar-refractivity contribution in [1.82, 2.24) is 0 Å². The minimum Gasteiger partial charge on any atom is -0.497 e. The third kappa shape index (κ3) is 5.19. The van der Waals surface area contributed by atoms with Gasteiger partial charge in [-0.1, -0.05) is 25.6 Å². The van der Waals surface area contributed by atoms with E-state index in [1.54, 1.807) is 14.2 Å². The zero-order valence-corrected chi connectivity index (χ0v) is 25.9. The van der Waals surface area contributed by atoms with Crippen molar-refractivity contribution in [3.05, 3.63) is 42.0 Å². The van der Waals surface area contributed by atoms with Crippen molar-refractivity contribution in [1.29, 1.82) is 0 Å². The number of carbonyl (C=O) groups excluding carboxylic acids is 1. The molecule has 0 bridgehead atoms. The molecular formula is C33H44O11. The molecule has 0 saturated carbocycles. The molecule has 6 aliphatic rings. The summed E-state index contributed by atoms with van der Waals surface area (Å²) in [5, 5.41) is 0. The predicted molar refractivity (Wildman–Crippen MR) is 154 cm³/mol. The van der Waals surface area contributed by atoms with Gasteiger partial charge in [0, 0.05) is 12.7 Å². The van der Waals surface area contributed by atoms with Gasteiger partial charge in [0.05, 0.1) is 51.2 Å². The molecular weight excluding hydrogens is 572 g/mol. The van der Waals surface area contributed by atoms with Crippen molar-refractivity contribution in [2.75, 3.05) is 21.3 Å². The molecule has 7 rings (SSSR count). The summed E-state index contributed by atoms with van der Waals surface area (Å²) in [6.07, 6.45) is 0.809. The van der Waals surface area contributed by atoms with E-state index in [1.807, 2.05) is 24.3 Å². The second kappa shape index (κ2) is 12.3. The van der Waals surface area contributed by atoms with Crippen LogP contribution in [0.25, 0.3) is 0 Å². The zero-order valence-electron chi connectivity index (χ0n) is 25.9. The van der Waals surface area contributed by atoms with Crippen LogP contribution in [0, 0.1) is 0 Å². The van der Waals surface area contributed by atoms with E-state index < -0.39 is 48.7 Å². The van der Waals surface area contributed by atoms with E-state index in [0.29, 0.717) is 6.42 Å². The van der Waals surface area contributed by atoms with Crippen molar-refractivity contribution in [3.63, 3.8) is 0 Å². The first-order valence-electron chi connectivity index (χ1n) is 15.9. The molecule has 10 unspecified atom stereocenters. The predicted octanol–water partition coefficient (Wildman–Crippen LogP) is 3.77. The SMILES string of the molecule is C=C1CC(CCC2OC3C4OC5CCC(CC(=O)OC)O[C@@H]5C(OC)[C@H]4O[C@@]34OC(c3ccc(OC)cc3)OC24)OC1CC. The highest BCUT2D eigenvalue weighted by Gasteiger charge is 2.75. The summed E-state index contributed by atoms with van der Waals surface area (Å²) in [7, 11) is 4.67. The lowest BCUT2D eigenvalue weighted by Gasteiger charge is -2.47. The number of methoxy groups -OCH3 is 3. The Morgan fingerprint density at radius 1 is 0.909 bits per heavy atom. The van der Waals surface area contributed by atoms with Crippen LogP contribution < -0.4 is 4.74 Å². The minimum atomic E-state index is -1.19. The quantitative estimate of drug-likeness (QED) is 0.299. The Bertz CT molecular complexity index is 1210. The van der Waals surface area contributed by atoms with Gasteiger partial charge in [0.15, 0.2) is 6.29 Å². The van der Waals surface area contributed by atoms with Gasteiger partial charge in [-0.05, 0) is 56.2 Å². The fourth-order valence-electron chi connectivity index (χ4n) is 7.98. The lowest BCUT2D eigenvalue weighted by atomic mass is 9.87. The number of benzene rings is 1. The van der Waals surface area contributed by atoms with Crippen molar-refractivity contribution >= 4 is 5.97 Å². The molecule has 1 aromatic carbocycles. The Morgan fingerprint density at radius 3 is 2.43 bits per heavy atom. The molecule has 0 N–H and O–H groups in total. The standard InChI is InChI=1S/C33H44O11/c1-6-22-17(2)15-20(38-22)12-14-24-30-33(44-32(42-30)18-7-9-19(35-3)10-8-18)31(41-24)29-28(43-33)27(37-5)26-23(40-29)13-11-21(39-26)16-25(34)36-4/h7-10,20-24,26-32H,2,6,11-16H2,1,3-5H3/t20?,21?,22?,23?,24?,26-,27?,28+,29?,30?,31?,32?,33-/m0/s1. The summed E-state index contributed by atoms with van der Waals surface area (Å²) >= 11 is 0. The Balaban J connectivity index is 1.13. The third-order valence-electron chi connectivity index (χ3n) is 10.2. The molecule has 0 amide bonds. The van der Waals surface area contributed by atoms with Gasteiger partial charge in [0.1, 0.15) is 42.4 Å². The van der Waals surface area contributed by atoms with E-state index in [2.05, 4.69) is 13.5 Å². The molecule has 11 nitrogen and oxygen atoms in total. The van der Waals surface area contributed by atoms with E-state index in [9.17, 15) is 4.79 Å². The Kier molecular flexibility index (Phi) is 8.51. The Hall–Kier alpha value is -2.09. The number of carbonyl (C=O) groups is 1. The normalized spacial score (nSPS) is 44.1. The Morgan fingerprint density at radius 2 is 1.73 bits per heavy atom. The molecule has 6 aliphatic heterocycles. The van der Waals surface area contributed by atoms with E-state index in [4.69, 9.17) is 47.4 Å². The molecule has 11 heteroatoms. The van der Waals surface area contributed by atoms with Crippen LogP contribution in [0.3, 0.4) is 0 Å². The fraction of sp³-hybridized carbons (Fsp3) is 0.727. The van der Waals surface area contributed by atoms with E-state index in [1.165, 1.54) is 7.11 Å².